The molecule has 0 saturated heterocycles. The summed E-state index contributed by atoms with van der Waals surface area (Å²) in [5, 5.41) is 13.1. The van der Waals surface area contributed by atoms with E-state index in [1.54, 1.807) is 18.3 Å². The summed E-state index contributed by atoms with van der Waals surface area (Å²) in [6, 6.07) is 11.4. The normalized spacial score (nSPS) is 12.1. The van der Waals surface area contributed by atoms with E-state index in [2.05, 4.69) is 17.2 Å². The maximum Gasteiger partial charge on any atom is 0.152 e. The number of anilines is 1. The molecule has 0 spiro atoms. The lowest BCUT2D eigenvalue weighted by molar-refractivity contribution is 0.475. The highest BCUT2D eigenvalue weighted by Crippen LogP contribution is 2.20. The van der Waals surface area contributed by atoms with Crippen molar-refractivity contribution in [3.05, 3.63) is 53.3 Å². The fourth-order valence-electron chi connectivity index (χ4n) is 1.88. The van der Waals surface area contributed by atoms with E-state index in [9.17, 15) is 5.11 Å². The Kier molecular flexibility index (Phi) is 4.63. The van der Waals surface area contributed by atoms with E-state index in [0.717, 1.165) is 18.5 Å². The van der Waals surface area contributed by atoms with Crippen molar-refractivity contribution >= 4 is 17.3 Å². The van der Waals surface area contributed by atoms with E-state index >= 15 is 0 Å². The molecule has 3 nitrogen and oxygen atoms in total. The molecule has 0 bridgehead atoms. The zero-order valence-electron chi connectivity index (χ0n) is 10.8. The van der Waals surface area contributed by atoms with Gasteiger partial charge in [0.25, 0.3) is 0 Å². The summed E-state index contributed by atoms with van der Waals surface area (Å²) in [7, 11) is 0. The third-order valence-electron chi connectivity index (χ3n) is 2.96. The molecular weight excluding hydrogens is 260 g/mol. The highest BCUT2D eigenvalue weighted by atomic mass is 35.5. The molecule has 0 saturated carbocycles. The first-order valence-electron chi connectivity index (χ1n) is 6.30. The van der Waals surface area contributed by atoms with E-state index in [1.807, 2.05) is 24.3 Å². The van der Waals surface area contributed by atoms with Crippen LogP contribution in [0.4, 0.5) is 5.69 Å². The quantitative estimate of drug-likeness (QED) is 0.815. The van der Waals surface area contributed by atoms with Crippen LogP contribution in [-0.4, -0.2) is 16.1 Å². The molecule has 19 heavy (non-hydrogen) atoms. The smallest absolute Gasteiger partial charge is 0.152 e. The average molecular weight is 277 g/mol. The lowest BCUT2D eigenvalue weighted by Crippen LogP contribution is -2.16. The van der Waals surface area contributed by atoms with Crippen molar-refractivity contribution in [1.82, 2.24) is 4.98 Å². The first-order valence-corrected chi connectivity index (χ1v) is 6.68. The van der Waals surface area contributed by atoms with E-state index in [-0.39, 0.29) is 0 Å². The number of hydrogen-bond donors (Lipinski definition) is 2. The molecule has 1 aromatic heterocycles. The van der Waals surface area contributed by atoms with Crippen molar-refractivity contribution < 1.29 is 5.11 Å². The lowest BCUT2D eigenvalue weighted by Gasteiger charge is -2.15. The third kappa shape index (κ3) is 4.14. The predicted octanol–water partition coefficient (Wildman–Crippen LogP) is 3.87. The van der Waals surface area contributed by atoms with Gasteiger partial charge in [0.2, 0.25) is 0 Å². The molecule has 0 aliphatic heterocycles. The van der Waals surface area contributed by atoms with E-state index in [0.29, 0.717) is 16.9 Å². The minimum absolute atomic E-state index is 0.301. The molecule has 1 atom stereocenters. The Morgan fingerprint density at radius 2 is 2.00 bits per heavy atom. The SMILES string of the molecule is CC(CCc1ccc(O)cc1)Nc1cccnc1Cl. The van der Waals surface area contributed by atoms with Gasteiger partial charge in [0, 0.05) is 12.2 Å². The Bertz CT molecular complexity index is 528. The monoisotopic (exact) mass is 276 g/mol. The number of phenolic OH excluding ortho intramolecular Hbond substituents is 1. The number of nitrogens with zero attached hydrogens (tertiary/aromatic N) is 1. The van der Waals surface area contributed by atoms with E-state index in [1.165, 1.54) is 5.56 Å². The Morgan fingerprint density at radius 1 is 1.26 bits per heavy atom. The first kappa shape index (κ1) is 13.7. The van der Waals surface area contributed by atoms with Crippen molar-refractivity contribution in [1.29, 1.82) is 0 Å². The second kappa shape index (κ2) is 6.43. The van der Waals surface area contributed by atoms with Gasteiger partial charge < -0.3 is 10.4 Å². The van der Waals surface area contributed by atoms with Crippen molar-refractivity contribution in [2.24, 2.45) is 0 Å². The van der Waals surface area contributed by atoms with Gasteiger partial charge in [-0.3, -0.25) is 0 Å². The summed E-state index contributed by atoms with van der Waals surface area (Å²) < 4.78 is 0. The van der Waals surface area contributed by atoms with Gasteiger partial charge in [-0.15, -0.1) is 0 Å². The molecular formula is C15H17ClN2O. The largest absolute Gasteiger partial charge is 0.508 e. The average Bonchev–Trinajstić information content (AvgIpc) is 2.41. The van der Waals surface area contributed by atoms with Crippen LogP contribution in [0.25, 0.3) is 0 Å². The fraction of sp³-hybridized carbons (Fsp3) is 0.267. The Morgan fingerprint density at radius 3 is 2.68 bits per heavy atom. The molecule has 2 N–H and O–H groups in total. The minimum Gasteiger partial charge on any atom is -0.508 e. The topological polar surface area (TPSA) is 45.1 Å². The molecule has 1 heterocycles. The van der Waals surface area contributed by atoms with Gasteiger partial charge in [-0.1, -0.05) is 23.7 Å². The zero-order valence-corrected chi connectivity index (χ0v) is 11.6. The van der Waals surface area contributed by atoms with Crippen LogP contribution in [0.1, 0.15) is 18.9 Å². The molecule has 2 aromatic rings. The molecule has 1 aromatic carbocycles. The zero-order chi connectivity index (χ0) is 13.7. The van der Waals surface area contributed by atoms with Gasteiger partial charge in [0.1, 0.15) is 5.75 Å². The van der Waals surface area contributed by atoms with Crippen LogP contribution in [0, 0.1) is 0 Å². The molecule has 2 rings (SSSR count). The van der Waals surface area contributed by atoms with Gasteiger partial charge >= 0.3 is 0 Å². The van der Waals surface area contributed by atoms with Crippen molar-refractivity contribution in [3.8, 4) is 5.75 Å². The fourth-order valence-corrected chi connectivity index (χ4v) is 2.05. The summed E-state index contributed by atoms with van der Waals surface area (Å²) in [6.45, 7) is 2.11. The Labute approximate surface area is 118 Å². The van der Waals surface area contributed by atoms with Crippen LogP contribution in [0.5, 0.6) is 5.75 Å². The van der Waals surface area contributed by atoms with Crippen LogP contribution < -0.4 is 5.32 Å². The maximum absolute atomic E-state index is 9.23. The molecule has 0 fully saturated rings. The van der Waals surface area contributed by atoms with E-state index < -0.39 is 0 Å². The summed E-state index contributed by atoms with van der Waals surface area (Å²) in [5.74, 6) is 0.303. The number of hydrogen-bond acceptors (Lipinski definition) is 3. The first-order chi connectivity index (χ1) is 9.15. The summed E-state index contributed by atoms with van der Waals surface area (Å²) in [5.41, 5.74) is 2.08. The standard InChI is InChI=1S/C15H17ClN2O/c1-11(18-14-3-2-10-17-15(14)16)4-5-12-6-8-13(19)9-7-12/h2-3,6-11,18-19H,4-5H2,1H3. The second-order valence-corrected chi connectivity index (χ2v) is 4.95. The highest BCUT2D eigenvalue weighted by Gasteiger charge is 2.06. The number of halogens is 1. The molecule has 0 radical (unpaired) electrons. The van der Waals surface area contributed by atoms with Gasteiger partial charge in [-0.2, -0.15) is 0 Å². The minimum atomic E-state index is 0.301. The molecule has 0 aliphatic carbocycles. The number of benzene rings is 1. The van der Waals surface area contributed by atoms with Crippen LogP contribution in [0.2, 0.25) is 5.15 Å². The lowest BCUT2D eigenvalue weighted by atomic mass is 10.1. The molecule has 0 amide bonds. The molecule has 1 unspecified atom stereocenters. The summed E-state index contributed by atoms with van der Waals surface area (Å²) in [6.07, 6.45) is 3.61. The highest BCUT2D eigenvalue weighted by molar-refractivity contribution is 6.31. The van der Waals surface area contributed by atoms with E-state index in [4.69, 9.17) is 11.6 Å². The number of pyridine rings is 1. The number of aromatic nitrogens is 1. The van der Waals surface area contributed by atoms with Crippen LogP contribution in [0.3, 0.4) is 0 Å². The Hall–Kier alpha value is -1.74. The number of aromatic hydroxyl groups is 1. The van der Waals surface area contributed by atoms with Crippen LogP contribution in [0.15, 0.2) is 42.6 Å². The van der Waals surface area contributed by atoms with Crippen molar-refractivity contribution in [2.75, 3.05) is 5.32 Å². The molecule has 4 heteroatoms. The van der Waals surface area contributed by atoms with Gasteiger partial charge in [0.15, 0.2) is 5.15 Å². The van der Waals surface area contributed by atoms with Gasteiger partial charge in [-0.25, -0.2) is 4.98 Å². The van der Waals surface area contributed by atoms with Crippen molar-refractivity contribution in [3.63, 3.8) is 0 Å². The number of rotatable bonds is 5. The number of nitrogens with one attached hydrogen (secondary N) is 1. The Balaban J connectivity index is 1.86. The van der Waals surface area contributed by atoms with Gasteiger partial charge in [0.05, 0.1) is 5.69 Å². The summed E-state index contributed by atoms with van der Waals surface area (Å²) >= 11 is 6.00. The van der Waals surface area contributed by atoms with Crippen molar-refractivity contribution in [2.45, 2.75) is 25.8 Å². The third-order valence-corrected chi connectivity index (χ3v) is 3.26. The molecule has 0 aliphatic rings. The second-order valence-electron chi connectivity index (χ2n) is 4.59. The van der Waals surface area contributed by atoms with Gasteiger partial charge in [-0.05, 0) is 49.6 Å². The maximum atomic E-state index is 9.23. The number of aryl methyl sites for hydroxylation is 1. The predicted molar refractivity (Wildman–Crippen MR) is 78.8 cm³/mol. The number of phenols is 1. The van der Waals surface area contributed by atoms with Crippen LogP contribution >= 0.6 is 11.6 Å². The summed E-state index contributed by atoms with van der Waals surface area (Å²) in [4.78, 5) is 4.04. The molecule has 100 valence electrons. The van der Waals surface area contributed by atoms with Crippen LogP contribution in [-0.2, 0) is 6.42 Å².